The Morgan fingerprint density at radius 2 is 2.12 bits per heavy atom. The molecule has 0 spiro atoms. The van der Waals surface area contributed by atoms with E-state index in [0.717, 1.165) is 38.4 Å². The molecule has 2 aromatic heterocycles. The van der Waals surface area contributed by atoms with E-state index < -0.39 is 0 Å². The Morgan fingerprint density at radius 3 is 2.88 bits per heavy atom. The molecule has 1 aliphatic rings. The van der Waals surface area contributed by atoms with E-state index in [4.69, 9.17) is 4.52 Å². The minimum atomic E-state index is 0.107. The summed E-state index contributed by atoms with van der Waals surface area (Å²) >= 11 is 4.90. The Hall–Kier alpha value is -2.44. The van der Waals surface area contributed by atoms with Crippen molar-refractivity contribution in [3.05, 3.63) is 81.4 Å². The molecule has 0 amide bonds. The molecule has 1 aliphatic heterocycles. The summed E-state index contributed by atoms with van der Waals surface area (Å²) in [5.74, 6) is 0.830. The quantitative estimate of drug-likeness (QED) is 0.497. The molecule has 26 heavy (non-hydrogen) atoms. The maximum Gasteiger partial charge on any atom is 0.192 e. The van der Waals surface area contributed by atoms with Gasteiger partial charge in [0.25, 0.3) is 0 Å². The lowest BCUT2D eigenvalue weighted by molar-refractivity contribution is 0.0973. The van der Waals surface area contributed by atoms with Crippen molar-refractivity contribution in [2.75, 3.05) is 6.54 Å². The second-order valence-electron chi connectivity index (χ2n) is 5.90. The molecule has 4 nitrogen and oxygen atoms in total. The molecule has 0 bridgehead atoms. The van der Waals surface area contributed by atoms with E-state index in [0.29, 0.717) is 6.54 Å². The summed E-state index contributed by atoms with van der Waals surface area (Å²) in [4.78, 5) is 15.0. The van der Waals surface area contributed by atoms with Crippen molar-refractivity contribution in [3.63, 3.8) is 0 Å². The van der Waals surface area contributed by atoms with Crippen molar-refractivity contribution < 1.29 is 9.32 Å². The third kappa shape index (κ3) is 3.71. The van der Waals surface area contributed by atoms with Crippen LogP contribution in [0.1, 0.15) is 21.9 Å². The molecule has 3 aromatic rings. The van der Waals surface area contributed by atoms with Gasteiger partial charge in [0.1, 0.15) is 5.69 Å². The van der Waals surface area contributed by atoms with E-state index in [1.807, 2.05) is 71.2 Å². The SMILES string of the molecule is O=C(CN1C=CCC(c2cc(-c3ccc(Br)cc3)no2)=C1)c1cccs1. The smallest absolute Gasteiger partial charge is 0.192 e. The van der Waals surface area contributed by atoms with E-state index in [-0.39, 0.29) is 5.78 Å². The van der Waals surface area contributed by atoms with E-state index in [1.165, 1.54) is 11.3 Å². The molecular formula is C20H15BrN2O2S. The van der Waals surface area contributed by atoms with Crippen molar-refractivity contribution >= 4 is 38.6 Å². The number of thiophene rings is 1. The standard InChI is InChI=1S/C20H15BrN2O2S/c21-16-7-5-14(6-8-16)17-11-19(25-22-17)15-3-1-9-23(12-15)13-18(24)20-4-2-10-26-20/h1-2,4-12H,3,13H2. The second kappa shape index (κ2) is 7.43. The van der Waals surface area contributed by atoms with Crippen molar-refractivity contribution in [3.8, 4) is 11.3 Å². The fraction of sp³-hybridized carbons (Fsp3) is 0.100. The first-order chi connectivity index (χ1) is 12.7. The highest BCUT2D eigenvalue weighted by atomic mass is 79.9. The Balaban J connectivity index is 1.51. The molecule has 0 saturated heterocycles. The van der Waals surface area contributed by atoms with Gasteiger partial charge in [-0.25, -0.2) is 0 Å². The minimum Gasteiger partial charge on any atom is -0.356 e. The molecule has 3 heterocycles. The van der Waals surface area contributed by atoms with Crippen molar-refractivity contribution in [1.82, 2.24) is 10.1 Å². The normalized spacial score (nSPS) is 13.7. The molecule has 0 unspecified atom stereocenters. The number of allylic oxidation sites excluding steroid dienone is 2. The van der Waals surface area contributed by atoms with Gasteiger partial charge >= 0.3 is 0 Å². The summed E-state index contributed by atoms with van der Waals surface area (Å²) < 4.78 is 6.57. The van der Waals surface area contributed by atoms with Crippen LogP contribution in [-0.4, -0.2) is 22.4 Å². The zero-order valence-electron chi connectivity index (χ0n) is 13.8. The lowest BCUT2D eigenvalue weighted by Gasteiger charge is -2.19. The molecule has 0 saturated carbocycles. The van der Waals surface area contributed by atoms with E-state index in [9.17, 15) is 4.79 Å². The summed E-state index contributed by atoms with van der Waals surface area (Å²) in [5.41, 5.74) is 2.80. The van der Waals surface area contributed by atoms with Crippen LogP contribution in [0.4, 0.5) is 0 Å². The van der Waals surface area contributed by atoms with Crippen LogP contribution in [0.15, 0.2) is 75.3 Å². The average molecular weight is 427 g/mol. The number of benzene rings is 1. The number of hydrogen-bond acceptors (Lipinski definition) is 5. The lowest BCUT2D eigenvalue weighted by atomic mass is 10.1. The first-order valence-electron chi connectivity index (χ1n) is 8.12. The zero-order valence-corrected chi connectivity index (χ0v) is 16.2. The molecule has 1 aromatic carbocycles. The number of nitrogens with zero attached hydrogens (tertiary/aromatic N) is 2. The minimum absolute atomic E-state index is 0.107. The fourth-order valence-corrected chi connectivity index (χ4v) is 3.66. The van der Waals surface area contributed by atoms with Gasteiger partial charge in [0.15, 0.2) is 11.5 Å². The van der Waals surface area contributed by atoms with E-state index in [1.54, 1.807) is 0 Å². The van der Waals surface area contributed by atoms with Crippen LogP contribution < -0.4 is 0 Å². The summed E-state index contributed by atoms with van der Waals surface area (Å²) in [6.07, 6.45) is 6.66. The van der Waals surface area contributed by atoms with Gasteiger partial charge < -0.3 is 9.42 Å². The third-order valence-corrected chi connectivity index (χ3v) is 5.48. The van der Waals surface area contributed by atoms with Gasteiger partial charge in [0.05, 0.1) is 11.4 Å². The van der Waals surface area contributed by atoms with Crippen LogP contribution in [0.5, 0.6) is 0 Å². The van der Waals surface area contributed by atoms with Crippen LogP contribution in [0.2, 0.25) is 0 Å². The molecular weight excluding hydrogens is 412 g/mol. The molecule has 0 aliphatic carbocycles. The maximum absolute atomic E-state index is 12.3. The van der Waals surface area contributed by atoms with Crippen LogP contribution >= 0.6 is 27.3 Å². The summed E-state index contributed by atoms with van der Waals surface area (Å²) in [7, 11) is 0. The number of aromatic nitrogens is 1. The van der Waals surface area contributed by atoms with Gasteiger partial charge in [-0.15, -0.1) is 11.3 Å². The molecule has 0 N–H and O–H groups in total. The Bertz CT molecular complexity index is 972. The molecule has 130 valence electrons. The third-order valence-electron chi connectivity index (χ3n) is 4.05. The van der Waals surface area contributed by atoms with Crippen LogP contribution in [0, 0.1) is 0 Å². The fourth-order valence-electron chi connectivity index (χ4n) is 2.74. The number of halogens is 1. The molecule has 0 radical (unpaired) electrons. The first kappa shape index (κ1) is 17.0. The number of carbonyl (C=O) groups excluding carboxylic acids is 1. The van der Waals surface area contributed by atoms with E-state index in [2.05, 4.69) is 21.1 Å². The Morgan fingerprint density at radius 1 is 1.27 bits per heavy atom. The maximum atomic E-state index is 12.3. The predicted molar refractivity (Wildman–Crippen MR) is 107 cm³/mol. The summed E-state index contributed by atoms with van der Waals surface area (Å²) in [6.45, 7) is 0.314. The summed E-state index contributed by atoms with van der Waals surface area (Å²) in [5, 5.41) is 6.09. The number of Topliss-reactive ketones (excluding diaryl/α,β-unsaturated/α-hetero) is 1. The second-order valence-corrected chi connectivity index (χ2v) is 7.76. The van der Waals surface area contributed by atoms with Crippen LogP contribution in [0.3, 0.4) is 0 Å². The Labute approximate surface area is 163 Å². The van der Waals surface area contributed by atoms with Gasteiger partial charge in [0, 0.05) is 34.1 Å². The van der Waals surface area contributed by atoms with Gasteiger partial charge in [-0.05, 0) is 30.0 Å². The van der Waals surface area contributed by atoms with Crippen molar-refractivity contribution in [1.29, 1.82) is 0 Å². The van der Waals surface area contributed by atoms with Gasteiger partial charge in [0.2, 0.25) is 0 Å². The number of carbonyl (C=O) groups is 1. The topological polar surface area (TPSA) is 46.3 Å². The molecule has 0 atom stereocenters. The van der Waals surface area contributed by atoms with Crippen LogP contribution in [0.25, 0.3) is 16.8 Å². The van der Waals surface area contributed by atoms with Gasteiger partial charge in [-0.1, -0.05) is 45.4 Å². The average Bonchev–Trinajstić information content (AvgIpc) is 3.35. The summed E-state index contributed by atoms with van der Waals surface area (Å²) in [6, 6.07) is 13.6. The highest BCUT2D eigenvalue weighted by Crippen LogP contribution is 2.28. The lowest BCUT2D eigenvalue weighted by Crippen LogP contribution is -2.21. The number of rotatable bonds is 5. The molecule has 6 heteroatoms. The van der Waals surface area contributed by atoms with E-state index >= 15 is 0 Å². The number of hydrogen-bond donors (Lipinski definition) is 0. The van der Waals surface area contributed by atoms with Crippen molar-refractivity contribution in [2.45, 2.75) is 6.42 Å². The van der Waals surface area contributed by atoms with Crippen LogP contribution in [-0.2, 0) is 0 Å². The predicted octanol–water partition coefficient (Wildman–Crippen LogP) is 5.61. The molecule has 0 fully saturated rings. The van der Waals surface area contributed by atoms with Crippen molar-refractivity contribution in [2.24, 2.45) is 0 Å². The number of ketones is 1. The first-order valence-corrected chi connectivity index (χ1v) is 9.79. The monoisotopic (exact) mass is 426 g/mol. The highest BCUT2D eigenvalue weighted by molar-refractivity contribution is 9.10. The highest BCUT2D eigenvalue weighted by Gasteiger charge is 2.16. The Kier molecular flexibility index (Phi) is 4.86. The van der Waals surface area contributed by atoms with Gasteiger partial charge in [-0.2, -0.15) is 0 Å². The zero-order chi connectivity index (χ0) is 17.9. The molecule has 4 rings (SSSR count). The largest absolute Gasteiger partial charge is 0.356 e. The van der Waals surface area contributed by atoms with Gasteiger partial charge in [-0.3, -0.25) is 4.79 Å².